The molecule has 0 radical (unpaired) electrons. The zero-order chi connectivity index (χ0) is 24.4. The van der Waals surface area contributed by atoms with Gasteiger partial charge >= 0.3 is 24.2 Å². The molecule has 0 saturated heterocycles. The Kier molecular flexibility index (Phi) is 11.7. The highest BCUT2D eigenvalue weighted by molar-refractivity contribution is 5.77. The van der Waals surface area contributed by atoms with E-state index in [0.29, 0.717) is 5.92 Å². The average Bonchev–Trinajstić information content (AvgIpc) is 3.04. The summed E-state index contributed by atoms with van der Waals surface area (Å²) in [6.07, 6.45) is 5.49. The van der Waals surface area contributed by atoms with E-state index in [-0.39, 0.29) is 34.5 Å². The smallest absolute Gasteiger partial charge is 0.373 e. The van der Waals surface area contributed by atoms with Crippen molar-refractivity contribution in [2.24, 2.45) is 27.6 Å². The van der Waals surface area contributed by atoms with Crippen LogP contribution >= 0.6 is 0 Å². The van der Waals surface area contributed by atoms with Gasteiger partial charge in [-0.3, -0.25) is 9.59 Å². The summed E-state index contributed by atoms with van der Waals surface area (Å²) in [6.45, 7) is 14.5. The number of hydrogen-bond donors (Lipinski definition) is 1. The van der Waals surface area contributed by atoms with Gasteiger partial charge in [0.25, 0.3) is 0 Å². The number of hydrogen-bond acceptors (Lipinski definition) is 7. The van der Waals surface area contributed by atoms with Gasteiger partial charge in [0.05, 0.1) is 17.9 Å². The first-order chi connectivity index (χ1) is 13.6. The largest absolute Gasteiger partial charge is 0.481 e. The Hall–Kier alpha value is -2.30. The fourth-order valence-electron chi connectivity index (χ4n) is 4.22. The van der Waals surface area contributed by atoms with Gasteiger partial charge in [-0.15, -0.1) is 0 Å². The highest BCUT2D eigenvalue weighted by atomic mass is 16.5. The molecule has 2 saturated carbocycles. The van der Waals surface area contributed by atoms with Gasteiger partial charge in [-0.25, -0.2) is 0 Å². The third kappa shape index (κ3) is 6.35. The van der Waals surface area contributed by atoms with E-state index in [4.69, 9.17) is 29.0 Å². The van der Waals surface area contributed by atoms with E-state index in [1.807, 2.05) is 27.7 Å². The number of carboxylic acids is 1. The summed E-state index contributed by atoms with van der Waals surface area (Å²) in [5.41, 5.74) is -0.757. The fraction of sp³-hybridized carbons (Fsp3) is 0.818. The lowest BCUT2D eigenvalue weighted by molar-refractivity contribution is -0.193. The Morgan fingerprint density at radius 1 is 0.867 bits per heavy atom. The average molecular weight is 429 g/mol. The Bertz CT molecular complexity index is 642. The maximum atomic E-state index is 11.7. The second-order valence-electron chi connectivity index (χ2n) is 9.53. The predicted octanol–water partition coefficient (Wildman–Crippen LogP) is 3.74. The van der Waals surface area contributed by atoms with Gasteiger partial charge in [0.2, 0.25) is 0 Å². The first-order valence-electron chi connectivity index (χ1n) is 9.90. The zero-order valence-corrected chi connectivity index (χ0v) is 19.4. The molecule has 8 nitrogen and oxygen atoms in total. The summed E-state index contributed by atoms with van der Waals surface area (Å²) in [6, 6.07) is 0. The van der Waals surface area contributed by atoms with Crippen LogP contribution in [-0.4, -0.2) is 36.5 Å². The molecule has 0 spiro atoms. The van der Waals surface area contributed by atoms with E-state index in [2.05, 4.69) is 20.8 Å². The van der Waals surface area contributed by atoms with Crippen molar-refractivity contribution in [1.82, 2.24) is 0 Å². The van der Waals surface area contributed by atoms with Gasteiger partial charge in [-0.2, -0.15) is 19.2 Å². The molecule has 0 bridgehead atoms. The summed E-state index contributed by atoms with van der Waals surface area (Å²) in [4.78, 5) is 55.1. The van der Waals surface area contributed by atoms with Gasteiger partial charge in [-0.05, 0) is 56.3 Å². The molecule has 2 rings (SSSR count). The molecule has 0 aromatic carbocycles. The summed E-state index contributed by atoms with van der Waals surface area (Å²) in [5.74, 6) is -0.0987. The Labute approximate surface area is 178 Å². The van der Waals surface area contributed by atoms with Crippen LogP contribution in [0.5, 0.6) is 0 Å². The van der Waals surface area contributed by atoms with E-state index >= 15 is 0 Å². The molecule has 3 atom stereocenters. The summed E-state index contributed by atoms with van der Waals surface area (Å²) >= 11 is 0. The van der Waals surface area contributed by atoms with Crippen LogP contribution in [0.3, 0.4) is 0 Å². The molecule has 0 aliphatic heterocycles. The van der Waals surface area contributed by atoms with Crippen molar-refractivity contribution in [3.05, 3.63) is 0 Å². The van der Waals surface area contributed by atoms with E-state index in [1.54, 1.807) is 0 Å². The van der Waals surface area contributed by atoms with E-state index in [0.717, 1.165) is 32.1 Å². The lowest BCUT2D eigenvalue weighted by Gasteiger charge is -2.38. The monoisotopic (exact) mass is 428 g/mol. The van der Waals surface area contributed by atoms with Gasteiger partial charge in [0, 0.05) is 0 Å². The van der Waals surface area contributed by atoms with Crippen LogP contribution < -0.4 is 0 Å². The molecular formula is C22H36O8. The molecule has 2 aliphatic carbocycles. The van der Waals surface area contributed by atoms with Crippen LogP contribution in [-0.2, 0) is 33.5 Å². The number of carbonyl (C=O) groups is 2. The molecule has 8 heteroatoms. The molecule has 2 aliphatic rings. The maximum Gasteiger partial charge on any atom is 0.373 e. The fourth-order valence-corrected chi connectivity index (χ4v) is 4.22. The molecule has 0 heterocycles. The normalized spacial score (nSPS) is 29.8. The van der Waals surface area contributed by atoms with Crippen molar-refractivity contribution in [1.29, 1.82) is 0 Å². The molecule has 2 fully saturated rings. The quantitative estimate of drug-likeness (QED) is 0.658. The van der Waals surface area contributed by atoms with Crippen molar-refractivity contribution in [3.63, 3.8) is 0 Å². The minimum absolute atomic E-state index is 0.0289. The third-order valence-electron chi connectivity index (χ3n) is 7.81. The second-order valence-corrected chi connectivity index (χ2v) is 9.53. The number of rotatable bonds is 2. The first kappa shape index (κ1) is 29.9. The Morgan fingerprint density at radius 3 is 1.50 bits per heavy atom. The lowest BCUT2D eigenvalue weighted by Crippen LogP contribution is -2.40. The zero-order valence-electron chi connectivity index (χ0n) is 19.4. The Balaban J connectivity index is 0. The van der Waals surface area contributed by atoms with Gasteiger partial charge < -0.3 is 9.84 Å². The molecule has 0 aromatic heterocycles. The lowest BCUT2D eigenvalue weighted by atomic mass is 9.66. The number of carboxylic acid groups (broad SMARTS) is 1. The predicted molar refractivity (Wildman–Crippen MR) is 106 cm³/mol. The first-order valence-corrected chi connectivity index (χ1v) is 9.90. The molecule has 172 valence electrons. The van der Waals surface area contributed by atoms with Crippen LogP contribution in [0.1, 0.15) is 80.6 Å². The minimum Gasteiger partial charge on any atom is -0.481 e. The summed E-state index contributed by atoms with van der Waals surface area (Å²) < 4.78 is 4.88. The highest BCUT2D eigenvalue weighted by Crippen LogP contribution is 2.56. The number of carbonyl (C=O) groups excluding carboxylic acids is 5. The molecule has 0 aromatic rings. The molecule has 1 unspecified atom stereocenters. The van der Waals surface area contributed by atoms with Gasteiger partial charge in [-0.1, -0.05) is 41.0 Å². The summed E-state index contributed by atoms with van der Waals surface area (Å²) in [7, 11) is 1.48. The third-order valence-corrected chi connectivity index (χ3v) is 7.81. The molecule has 30 heavy (non-hydrogen) atoms. The number of aliphatic carboxylic acids is 1. The van der Waals surface area contributed by atoms with Crippen molar-refractivity contribution in [2.75, 3.05) is 7.11 Å². The SMILES string of the molecule is CC1(C)CCC[C@]1(C)C(=O)O.COC(=O)[C@]1(C)CCC(C)C1(C)C.O=C=O.O=C=O. The number of methoxy groups -OCH3 is 1. The van der Waals surface area contributed by atoms with Crippen molar-refractivity contribution in [3.8, 4) is 0 Å². The Morgan fingerprint density at radius 2 is 1.30 bits per heavy atom. The van der Waals surface area contributed by atoms with Crippen molar-refractivity contribution < 1.29 is 38.6 Å². The maximum absolute atomic E-state index is 11.7. The van der Waals surface area contributed by atoms with E-state index in [9.17, 15) is 9.59 Å². The summed E-state index contributed by atoms with van der Waals surface area (Å²) in [5, 5.41) is 9.01. The van der Waals surface area contributed by atoms with Gasteiger partial charge in [0.15, 0.2) is 0 Å². The van der Waals surface area contributed by atoms with Crippen LogP contribution in [0.15, 0.2) is 0 Å². The van der Waals surface area contributed by atoms with Crippen molar-refractivity contribution >= 4 is 24.2 Å². The van der Waals surface area contributed by atoms with Crippen molar-refractivity contribution in [2.45, 2.75) is 80.6 Å². The minimum atomic E-state index is -0.639. The second kappa shape index (κ2) is 11.8. The number of esters is 1. The van der Waals surface area contributed by atoms with E-state index in [1.165, 1.54) is 7.11 Å². The number of ether oxygens (including phenoxy) is 1. The topological polar surface area (TPSA) is 132 Å². The standard InChI is InChI=1S/C11H20O2.C9H16O2.2CO2/c1-8-6-7-11(4,9(12)13-5)10(8,2)3;1-8(2)5-4-6-9(8,3)7(10)11;2*2-1-3/h8H,6-7H2,1-5H3;4-6H2,1-3H3,(H,10,11);;/t8?,11-;9-;;/m01../s1. The van der Waals surface area contributed by atoms with Crippen LogP contribution in [0.2, 0.25) is 0 Å². The molecule has 1 N–H and O–H groups in total. The molecular weight excluding hydrogens is 392 g/mol. The molecule has 0 amide bonds. The van der Waals surface area contributed by atoms with Crippen LogP contribution in [0.4, 0.5) is 0 Å². The van der Waals surface area contributed by atoms with Gasteiger partial charge in [0.1, 0.15) is 0 Å². The van der Waals surface area contributed by atoms with Crippen LogP contribution in [0, 0.1) is 27.6 Å². The van der Waals surface area contributed by atoms with Crippen LogP contribution in [0.25, 0.3) is 0 Å². The highest BCUT2D eigenvalue weighted by Gasteiger charge is 2.55. The van der Waals surface area contributed by atoms with E-state index < -0.39 is 11.4 Å².